The van der Waals surface area contributed by atoms with Crippen LogP contribution in [0.2, 0.25) is 0 Å². The molecule has 0 aliphatic carbocycles. The van der Waals surface area contributed by atoms with Crippen molar-refractivity contribution in [3.63, 3.8) is 0 Å². The van der Waals surface area contributed by atoms with E-state index < -0.39 is 0 Å². The Morgan fingerprint density at radius 1 is 0.793 bits per heavy atom. The molecule has 0 bridgehead atoms. The van der Waals surface area contributed by atoms with Crippen molar-refractivity contribution in [1.29, 1.82) is 0 Å². The van der Waals surface area contributed by atoms with Crippen LogP contribution in [0.4, 0.5) is 0 Å². The second kappa shape index (κ2) is 8.44. The first-order valence-corrected chi connectivity index (χ1v) is 10.4. The Labute approximate surface area is 173 Å². The molecule has 4 rings (SSSR count). The van der Waals surface area contributed by atoms with E-state index in [1.54, 1.807) is 0 Å². The molecular formula is C26H27N3. The lowest BCUT2D eigenvalue weighted by Crippen LogP contribution is -2.05. The van der Waals surface area contributed by atoms with E-state index in [1.165, 1.54) is 35.2 Å². The molecule has 4 aromatic rings. The fourth-order valence-electron chi connectivity index (χ4n) is 3.75. The monoisotopic (exact) mass is 381 g/mol. The quantitative estimate of drug-likeness (QED) is 0.378. The van der Waals surface area contributed by atoms with Gasteiger partial charge < -0.3 is 0 Å². The minimum absolute atomic E-state index is 0.880. The Bertz CT molecular complexity index is 1110. The van der Waals surface area contributed by atoms with Gasteiger partial charge in [-0.1, -0.05) is 79.6 Å². The third-order valence-corrected chi connectivity index (χ3v) is 5.36. The second-order valence-electron chi connectivity index (χ2n) is 7.60. The summed E-state index contributed by atoms with van der Waals surface area (Å²) in [6, 6.07) is 25.5. The fourth-order valence-corrected chi connectivity index (χ4v) is 3.75. The van der Waals surface area contributed by atoms with Crippen molar-refractivity contribution in [2.45, 2.75) is 40.0 Å². The van der Waals surface area contributed by atoms with Crippen LogP contribution in [0.3, 0.4) is 0 Å². The van der Waals surface area contributed by atoms with E-state index in [2.05, 4.69) is 102 Å². The third kappa shape index (κ3) is 3.86. The molecule has 0 fully saturated rings. The molecule has 0 aliphatic heterocycles. The van der Waals surface area contributed by atoms with Crippen LogP contribution < -0.4 is 0 Å². The van der Waals surface area contributed by atoms with Crippen LogP contribution >= 0.6 is 0 Å². The molecule has 3 aromatic carbocycles. The van der Waals surface area contributed by atoms with E-state index in [-0.39, 0.29) is 0 Å². The van der Waals surface area contributed by atoms with Crippen molar-refractivity contribution in [1.82, 2.24) is 14.8 Å². The smallest absolute Gasteiger partial charge is 0.169 e. The summed E-state index contributed by atoms with van der Waals surface area (Å²) in [5, 5.41) is 9.32. The number of benzene rings is 3. The van der Waals surface area contributed by atoms with Crippen molar-refractivity contribution in [3.8, 4) is 28.5 Å². The molecule has 29 heavy (non-hydrogen) atoms. The summed E-state index contributed by atoms with van der Waals surface area (Å²) in [6.45, 7) is 6.49. The van der Waals surface area contributed by atoms with Crippen molar-refractivity contribution in [2.75, 3.05) is 0 Å². The molecule has 0 radical (unpaired) electrons. The highest BCUT2D eigenvalue weighted by Crippen LogP contribution is 2.32. The number of unbranched alkanes of at least 4 members (excludes halogenated alkanes) is 1. The first kappa shape index (κ1) is 19.1. The SMILES string of the molecule is CCCCc1ccccc1-n1c(-c2ccccc2)nnc1-c1cc(C)ccc1C. The first-order chi connectivity index (χ1) is 14.2. The average Bonchev–Trinajstić information content (AvgIpc) is 3.19. The molecule has 0 N–H and O–H groups in total. The standard InChI is InChI=1S/C26H27N3/c1-4-5-11-21-12-9-10-15-24(21)29-25(22-13-7-6-8-14-22)27-28-26(29)23-18-19(2)16-17-20(23)3/h6-10,12-18H,4-5,11H2,1-3H3. The molecule has 0 aliphatic rings. The largest absolute Gasteiger partial charge is 0.275 e. The Kier molecular flexibility index (Phi) is 5.57. The van der Waals surface area contributed by atoms with Gasteiger partial charge in [-0.2, -0.15) is 0 Å². The number of hydrogen-bond acceptors (Lipinski definition) is 2. The predicted octanol–water partition coefficient (Wildman–Crippen LogP) is 6.56. The van der Waals surface area contributed by atoms with E-state index in [1.807, 2.05) is 6.07 Å². The molecule has 0 spiro atoms. The lowest BCUT2D eigenvalue weighted by atomic mass is 10.0. The highest BCUT2D eigenvalue weighted by atomic mass is 15.3. The summed E-state index contributed by atoms with van der Waals surface area (Å²) >= 11 is 0. The summed E-state index contributed by atoms with van der Waals surface area (Å²) < 4.78 is 2.24. The van der Waals surface area contributed by atoms with Crippen LogP contribution in [0.25, 0.3) is 28.5 Å². The molecular weight excluding hydrogens is 354 g/mol. The Hall–Kier alpha value is -3.20. The number of nitrogens with zero attached hydrogens (tertiary/aromatic N) is 3. The molecule has 0 unspecified atom stereocenters. The van der Waals surface area contributed by atoms with Gasteiger partial charge in [0.15, 0.2) is 11.6 Å². The molecule has 0 saturated heterocycles. The molecule has 3 heteroatoms. The van der Waals surface area contributed by atoms with Crippen LogP contribution in [0.5, 0.6) is 0 Å². The van der Waals surface area contributed by atoms with Crippen LogP contribution in [-0.2, 0) is 6.42 Å². The van der Waals surface area contributed by atoms with Gasteiger partial charge in [0.25, 0.3) is 0 Å². The number of aromatic nitrogens is 3. The topological polar surface area (TPSA) is 30.7 Å². The Morgan fingerprint density at radius 3 is 2.31 bits per heavy atom. The van der Waals surface area contributed by atoms with Crippen LogP contribution in [0, 0.1) is 13.8 Å². The second-order valence-corrected chi connectivity index (χ2v) is 7.60. The Balaban J connectivity index is 1.98. The maximum absolute atomic E-state index is 4.68. The normalized spacial score (nSPS) is 11.0. The summed E-state index contributed by atoms with van der Waals surface area (Å²) in [7, 11) is 0. The van der Waals surface area contributed by atoms with Gasteiger partial charge >= 0.3 is 0 Å². The number of hydrogen-bond donors (Lipinski definition) is 0. The van der Waals surface area contributed by atoms with Gasteiger partial charge in [0.05, 0.1) is 5.69 Å². The van der Waals surface area contributed by atoms with Crippen LogP contribution in [0.15, 0.2) is 72.8 Å². The highest BCUT2D eigenvalue weighted by Gasteiger charge is 2.20. The van der Waals surface area contributed by atoms with Gasteiger partial charge in [-0.25, -0.2) is 0 Å². The zero-order valence-electron chi connectivity index (χ0n) is 17.4. The van der Waals surface area contributed by atoms with Crippen molar-refractivity contribution >= 4 is 0 Å². The van der Waals surface area contributed by atoms with Crippen LogP contribution in [-0.4, -0.2) is 14.8 Å². The maximum atomic E-state index is 4.68. The van der Waals surface area contributed by atoms with Crippen molar-refractivity contribution < 1.29 is 0 Å². The van der Waals surface area contributed by atoms with E-state index in [4.69, 9.17) is 0 Å². The molecule has 0 saturated carbocycles. The molecule has 0 atom stereocenters. The molecule has 1 heterocycles. The van der Waals surface area contributed by atoms with Gasteiger partial charge in [-0.3, -0.25) is 4.57 Å². The highest BCUT2D eigenvalue weighted by molar-refractivity contribution is 5.70. The summed E-state index contributed by atoms with van der Waals surface area (Å²) in [5.41, 5.74) is 7.13. The molecule has 1 aromatic heterocycles. The first-order valence-electron chi connectivity index (χ1n) is 10.4. The summed E-state index contributed by atoms with van der Waals surface area (Å²) in [6.07, 6.45) is 3.38. The number of para-hydroxylation sites is 1. The number of rotatable bonds is 6. The molecule has 0 amide bonds. The molecule has 3 nitrogen and oxygen atoms in total. The Morgan fingerprint density at radius 2 is 1.52 bits per heavy atom. The van der Waals surface area contributed by atoms with E-state index >= 15 is 0 Å². The van der Waals surface area contributed by atoms with E-state index in [9.17, 15) is 0 Å². The van der Waals surface area contributed by atoms with Crippen LogP contribution in [0.1, 0.15) is 36.5 Å². The lowest BCUT2D eigenvalue weighted by Gasteiger charge is -2.16. The predicted molar refractivity (Wildman–Crippen MR) is 120 cm³/mol. The van der Waals surface area contributed by atoms with Gasteiger partial charge in [-0.15, -0.1) is 10.2 Å². The summed E-state index contributed by atoms with van der Waals surface area (Å²) in [5.74, 6) is 1.78. The van der Waals surface area contributed by atoms with E-state index in [0.29, 0.717) is 0 Å². The maximum Gasteiger partial charge on any atom is 0.169 e. The average molecular weight is 382 g/mol. The zero-order valence-corrected chi connectivity index (χ0v) is 17.4. The minimum Gasteiger partial charge on any atom is -0.275 e. The van der Waals surface area contributed by atoms with Gasteiger partial charge in [0, 0.05) is 11.1 Å². The van der Waals surface area contributed by atoms with Gasteiger partial charge in [0.2, 0.25) is 0 Å². The number of aryl methyl sites for hydroxylation is 3. The molecule has 146 valence electrons. The lowest BCUT2D eigenvalue weighted by molar-refractivity contribution is 0.789. The fraction of sp³-hybridized carbons (Fsp3) is 0.231. The van der Waals surface area contributed by atoms with E-state index in [0.717, 1.165) is 29.2 Å². The zero-order chi connectivity index (χ0) is 20.2. The van der Waals surface area contributed by atoms with Crippen molar-refractivity contribution in [2.24, 2.45) is 0 Å². The van der Waals surface area contributed by atoms with Crippen molar-refractivity contribution in [3.05, 3.63) is 89.5 Å². The minimum atomic E-state index is 0.880. The van der Waals surface area contributed by atoms with Gasteiger partial charge in [0.1, 0.15) is 0 Å². The third-order valence-electron chi connectivity index (χ3n) is 5.36. The van der Waals surface area contributed by atoms with Gasteiger partial charge in [-0.05, 0) is 49.9 Å². The summed E-state index contributed by atoms with van der Waals surface area (Å²) in [4.78, 5) is 0.